The van der Waals surface area contributed by atoms with Crippen LogP contribution in [0.25, 0.3) is 0 Å². The Bertz CT molecular complexity index is 328. The van der Waals surface area contributed by atoms with Crippen LogP contribution in [0.15, 0.2) is 18.2 Å². The third kappa shape index (κ3) is 2.72. The zero-order valence-corrected chi connectivity index (χ0v) is 9.22. The molecule has 0 amide bonds. The van der Waals surface area contributed by atoms with Crippen LogP contribution in [0.5, 0.6) is 0 Å². The fourth-order valence-corrected chi connectivity index (χ4v) is 1.24. The van der Waals surface area contributed by atoms with Crippen molar-refractivity contribution in [3.63, 3.8) is 0 Å². The van der Waals surface area contributed by atoms with Crippen LogP contribution in [0, 0.1) is 0 Å². The lowest BCUT2D eigenvalue weighted by Crippen LogP contribution is -2.24. The fraction of sp³-hybridized carbons (Fsp3) is 0.125. The molecule has 0 bridgehead atoms. The SMILES string of the molecule is CNC(=S)Nc1cccc(Cl)c1Cl. The molecule has 1 rings (SSSR count). The normalized spacial score (nSPS) is 9.46. The second-order valence-corrected chi connectivity index (χ2v) is 3.50. The lowest BCUT2D eigenvalue weighted by atomic mass is 10.3. The van der Waals surface area contributed by atoms with Gasteiger partial charge in [0.1, 0.15) is 0 Å². The van der Waals surface area contributed by atoms with Gasteiger partial charge in [-0.05, 0) is 24.4 Å². The standard InChI is InChI=1S/C8H8Cl2N2S/c1-11-8(13)12-6-4-2-3-5(9)7(6)10/h2-4H,1H3,(H2,11,12,13). The highest BCUT2D eigenvalue weighted by molar-refractivity contribution is 7.80. The Labute approximate surface area is 92.2 Å². The molecule has 5 heteroatoms. The second-order valence-electron chi connectivity index (χ2n) is 2.31. The molecule has 0 radical (unpaired) electrons. The summed E-state index contributed by atoms with van der Waals surface area (Å²) in [5, 5.41) is 7.17. The van der Waals surface area contributed by atoms with Crippen LogP contribution < -0.4 is 10.6 Å². The molecule has 70 valence electrons. The number of anilines is 1. The highest BCUT2D eigenvalue weighted by Crippen LogP contribution is 2.29. The Morgan fingerprint density at radius 3 is 2.69 bits per heavy atom. The highest BCUT2D eigenvalue weighted by atomic mass is 35.5. The first kappa shape index (κ1) is 10.6. The first-order valence-corrected chi connectivity index (χ1v) is 4.74. The fourth-order valence-electron chi connectivity index (χ4n) is 0.785. The van der Waals surface area contributed by atoms with E-state index in [0.717, 1.165) is 0 Å². The zero-order valence-electron chi connectivity index (χ0n) is 6.90. The van der Waals surface area contributed by atoms with Crippen LogP contribution in [0.3, 0.4) is 0 Å². The summed E-state index contributed by atoms with van der Waals surface area (Å²) in [4.78, 5) is 0. The smallest absolute Gasteiger partial charge is 0.170 e. The van der Waals surface area contributed by atoms with Gasteiger partial charge in [0.2, 0.25) is 0 Å². The van der Waals surface area contributed by atoms with E-state index in [-0.39, 0.29) is 0 Å². The Kier molecular flexibility index (Phi) is 3.78. The third-order valence-electron chi connectivity index (χ3n) is 1.43. The summed E-state index contributed by atoms with van der Waals surface area (Å²) < 4.78 is 0. The molecular weight excluding hydrogens is 227 g/mol. The van der Waals surface area contributed by atoms with Gasteiger partial charge in [-0.25, -0.2) is 0 Å². The van der Waals surface area contributed by atoms with E-state index in [0.29, 0.717) is 20.8 Å². The number of thiocarbonyl (C=S) groups is 1. The van der Waals surface area contributed by atoms with E-state index in [4.69, 9.17) is 35.4 Å². The lowest BCUT2D eigenvalue weighted by Gasteiger charge is -2.09. The van der Waals surface area contributed by atoms with Crippen molar-refractivity contribution in [2.45, 2.75) is 0 Å². The average molecular weight is 235 g/mol. The number of rotatable bonds is 1. The Balaban J connectivity index is 2.89. The van der Waals surface area contributed by atoms with E-state index in [1.165, 1.54) is 0 Å². The summed E-state index contributed by atoms with van der Waals surface area (Å²) in [5.74, 6) is 0. The monoisotopic (exact) mass is 234 g/mol. The van der Waals surface area contributed by atoms with Gasteiger partial charge in [0.15, 0.2) is 5.11 Å². The van der Waals surface area contributed by atoms with Gasteiger partial charge in [0.05, 0.1) is 15.7 Å². The van der Waals surface area contributed by atoms with Crippen molar-refractivity contribution in [1.29, 1.82) is 0 Å². The van der Waals surface area contributed by atoms with E-state index in [2.05, 4.69) is 10.6 Å². The number of hydrogen-bond donors (Lipinski definition) is 2. The summed E-state index contributed by atoms with van der Waals surface area (Å²) in [6.07, 6.45) is 0. The van der Waals surface area contributed by atoms with E-state index in [1.807, 2.05) is 0 Å². The minimum absolute atomic E-state index is 0.474. The van der Waals surface area contributed by atoms with Crippen LogP contribution in [0.4, 0.5) is 5.69 Å². The van der Waals surface area contributed by atoms with Crippen molar-refractivity contribution in [3.8, 4) is 0 Å². The van der Waals surface area contributed by atoms with Crippen molar-refractivity contribution >= 4 is 46.2 Å². The molecule has 0 unspecified atom stereocenters. The predicted octanol–water partition coefficient (Wildman–Crippen LogP) is 2.91. The van der Waals surface area contributed by atoms with E-state index < -0.39 is 0 Å². The van der Waals surface area contributed by atoms with Gasteiger partial charge in [-0.1, -0.05) is 29.3 Å². The first-order chi connectivity index (χ1) is 6.15. The van der Waals surface area contributed by atoms with Gasteiger partial charge in [0, 0.05) is 7.05 Å². The lowest BCUT2D eigenvalue weighted by molar-refractivity contribution is 1.20. The van der Waals surface area contributed by atoms with Gasteiger partial charge >= 0.3 is 0 Å². The summed E-state index contributed by atoms with van der Waals surface area (Å²) >= 11 is 16.6. The van der Waals surface area contributed by atoms with Gasteiger partial charge < -0.3 is 10.6 Å². The van der Waals surface area contributed by atoms with Crippen LogP contribution >= 0.6 is 35.4 Å². The Hall–Kier alpha value is -0.510. The molecule has 1 aromatic carbocycles. The molecule has 0 saturated carbocycles. The van der Waals surface area contributed by atoms with Crippen molar-refractivity contribution < 1.29 is 0 Å². The maximum absolute atomic E-state index is 5.91. The van der Waals surface area contributed by atoms with Crippen molar-refractivity contribution in [2.75, 3.05) is 12.4 Å². The quantitative estimate of drug-likeness (QED) is 0.732. The molecular formula is C8H8Cl2N2S. The highest BCUT2D eigenvalue weighted by Gasteiger charge is 2.04. The summed E-state index contributed by atoms with van der Waals surface area (Å²) in [7, 11) is 1.73. The minimum Gasteiger partial charge on any atom is -0.366 e. The second kappa shape index (κ2) is 4.65. The molecule has 0 saturated heterocycles. The maximum Gasteiger partial charge on any atom is 0.170 e. The van der Waals surface area contributed by atoms with Crippen molar-refractivity contribution in [2.24, 2.45) is 0 Å². The largest absolute Gasteiger partial charge is 0.366 e. The van der Waals surface area contributed by atoms with Gasteiger partial charge in [0.25, 0.3) is 0 Å². The average Bonchev–Trinajstić information content (AvgIpc) is 2.13. The maximum atomic E-state index is 5.91. The number of nitrogens with one attached hydrogen (secondary N) is 2. The molecule has 0 fully saturated rings. The number of hydrogen-bond acceptors (Lipinski definition) is 1. The summed E-state index contributed by atoms with van der Waals surface area (Å²) in [5.41, 5.74) is 0.702. The Morgan fingerprint density at radius 2 is 2.08 bits per heavy atom. The zero-order chi connectivity index (χ0) is 9.84. The number of halogens is 2. The van der Waals surface area contributed by atoms with E-state index in [9.17, 15) is 0 Å². The van der Waals surface area contributed by atoms with Gasteiger partial charge in [-0.15, -0.1) is 0 Å². The van der Waals surface area contributed by atoms with Crippen LogP contribution in [-0.4, -0.2) is 12.2 Å². The molecule has 0 aromatic heterocycles. The minimum atomic E-state index is 0.474. The molecule has 0 aliphatic rings. The first-order valence-electron chi connectivity index (χ1n) is 3.58. The van der Waals surface area contributed by atoms with Gasteiger partial charge in [-0.3, -0.25) is 0 Å². The van der Waals surface area contributed by atoms with Gasteiger partial charge in [-0.2, -0.15) is 0 Å². The topological polar surface area (TPSA) is 24.1 Å². The predicted molar refractivity (Wildman–Crippen MR) is 61.7 cm³/mol. The molecule has 0 heterocycles. The molecule has 0 aliphatic heterocycles. The van der Waals surface area contributed by atoms with E-state index >= 15 is 0 Å². The molecule has 13 heavy (non-hydrogen) atoms. The molecule has 0 spiro atoms. The third-order valence-corrected chi connectivity index (χ3v) is 2.55. The van der Waals surface area contributed by atoms with E-state index in [1.54, 1.807) is 25.2 Å². The van der Waals surface area contributed by atoms with Crippen molar-refractivity contribution in [1.82, 2.24) is 5.32 Å². The summed E-state index contributed by atoms with van der Waals surface area (Å²) in [6.45, 7) is 0. The molecule has 0 aliphatic carbocycles. The van der Waals surface area contributed by atoms with Crippen molar-refractivity contribution in [3.05, 3.63) is 28.2 Å². The molecule has 2 N–H and O–H groups in total. The van der Waals surface area contributed by atoms with Crippen LogP contribution in [0.2, 0.25) is 10.0 Å². The molecule has 0 atom stereocenters. The summed E-state index contributed by atoms with van der Waals surface area (Å²) in [6, 6.07) is 5.32. The van der Waals surface area contributed by atoms with Crippen LogP contribution in [0.1, 0.15) is 0 Å². The Morgan fingerprint density at radius 1 is 1.38 bits per heavy atom. The molecule has 1 aromatic rings. The van der Waals surface area contributed by atoms with Crippen LogP contribution in [-0.2, 0) is 0 Å². The molecule has 2 nitrogen and oxygen atoms in total. The number of benzene rings is 1.